The third kappa shape index (κ3) is 3.36. The molecule has 0 aliphatic carbocycles. The van der Waals surface area contributed by atoms with Gasteiger partial charge in [0.15, 0.2) is 0 Å². The summed E-state index contributed by atoms with van der Waals surface area (Å²) in [6.07, 6.45) is 1.45. The van der Waals surface area contributed by atoms with Gasteiger partial charge in [-0.2, -0.15) is 13.9 Å². The van der Waals surface area contributed by atoms with Gasteiger partial charge in [-0.1, -0.05) is 12.1 Å². The molecule has 1 aromatic carbocycles. The monoisotopic (exact) mass is 295 g/mol. The summed E-state index contributed by atoms with van der Waals surface area (Å²) in [5.41, 5.74) is 1.29. The summed E-state index contributed by atoms with van der Waals surface area (Å²) in [7, 11) is 0. The second-order valence-corrected chi connectivity index (χ2v) is 4.29. The van der Waals surface area contributed by atoms with Gasteiger partial charge in [0.05, 0.1) is 17.4 Å². The zero-order valence-electron chi connectivity index (χ0n) is 11.6. The molecule has 1 amide bonds. The Labute approximate surface area is 120 Å². The van der Waals surface area contributed by atoms with Gasteiger partial charge in [-0.05, 0) is 26.0 Å². The van der Waals surface area contributed by atoms with E-state index in [1.165, 1.54) is 18.3 Å². The van der Waals surface area contributed by atoms with Crippen molar-refractivity contribution >= 4 is 11.6 Å². The number of halogens is 2. The number of aromatic nitrogens is 2. The van der Waals surface area contributed by atoms with E-state index in [1.807, 2.05) is 6.92 Å². The van der Waals surface area contributed by atoms with Crippen molar-refractivity contribution in [3.05, 3.63) is 41.7 Å². The van der Waals surface area contributed by atoms with Gasteiger partial charge < -0.3 is 10.1 Å². The first-order chi connectivity index (χ1) is 10.0. The maximum atomic E-state index is 12.3. The minimum atomic E-state index is -2.95. The zero-order valence-corrected chi connectivity index (χ0v) is 11.6. The van der Waals surface area contributed by atoms with Gasteiger partial charge in [0.2, 0.25) is 0 Å². The highest BCUT2D eigenvalue weighted by atomic mass is 19.3. The first-order valence-electron chi connectivity index (χ1n) is 6.40. The summed E-state index contributed by atoms with van der Waals surface area (Å²) in [6.45, 7) is 1.37. The highest BCUT2D eigenvalue weighted by molar-refractivity contribution is 6.05. The van der Waals surface area contributed by atoms with Gasteiger partial charge in [-0.25, -0.2) is 0 Å². The summed E-state index contributed by atoms with van der Waals surface area (Å²) >= 11 is 0. The van der Waals surface area contributed by atoms with Gasteiger partial charge in [-0.3, -0.25) is 9.48 Å². The molecular weight excluding hydrogens is 280 g/mol. The average molecular weight is 295 g/mol. The van der Waals surface area contributed by atoms with Crippen LogP contribution in [0.4, 0.5) is 14.5 Å². The van der Waals surface area contributed by atoms with E-state index in [-0.39, 0.29) is 11.4 Å². The van der Waals surface area contributed by atoms with Crippen LogP contribution in [0.15, 0.2) is 30.5 Å². The largest absolute Gasteiger partial charge is 0.433 e. The molecule has 21 heavy (non-hydrogen) atoms. The van der Waals surface area contributed by atoms with Gasteiger partial charge in [0.25, 0.3) is 5.91 Å². The standard InChI is InChI=1S/C14H15F2N3O2/c1-3-19-9(2)10(8-17-19)13(20)18-11-6-4-5-7-12(11)21-14(15)16/h4-8,14H,3H2,1-2H3,(H,18,20). The number of alkyl halides is 2. The Morgan fingerprint density at radius 2 is 2.14 bits per heavy atom. The number of amides is 1. The fourth-order valence-corrected chi connectivity index (χ4v) is 1.95. The van der Waals surface area contributed by atoms with Crippen molar-refractivity contribution in [2.75, 3.05) is 5.32 Å². The molecule has 0 unspecified atom stereocenters. The minimum Gasteiger partial charge on any atom is -0.433 e. The summed E-state index contributed by atoms with van der Waals surface area (Å²) in [5.74, 6) is -0.501. The molecule has 0 bridgehead atoms. The number of rotatable bonds is 5. The Morgan fingerprint density at radius 3 is 2.76 bits per heavy atom. The highest BCUT2D eigenvalue weighted by Gasteiger charge is 2.16. The molecule has 0 spiro atoms. The normalized spacial score (nSPS) is 10.7. The molecule has 7 heteroatoms. The second kappa shape index (κ2) is 6.34. The summed E-state index contributed by atoms with van der Waals surface area (Å²) in [4.78, 5) is 12.2. The molecule has 0 radical (unpaired) electrons. The number of ether oxygens (including phenoxy) is 1. The first-order valence-corrected chi connectivity index (χ1v) is 6.40. The number of hydrogen-bond donors (Lipinski definition) is 1. The molecule has 0 saturated carbocycles. The molecule has 0 atom stereocenters. The maximum Gasteiger partial charge on any atom is 0.387 e. The van der Waals surface area contributed by atoms with E-state index in [2.05, 4.69) is 15.2 Å². The number of benzene rings is 1. The SMILES string of the molecule is CCn1ncc(C(=O)Nc2ccccc2OC(F)F)c1C. The van der Waals surface area contributed by atoms with Crippen molar-refractivity contribution in [3.8, 4) is 5.75 Å². The lowest BCUT2D eigenvalue weighted by atomic mass is 10.2. The number of aryl methyl sites for hydroxylation is 1. The molecule has 1 N–H and O–H groups in total. The van der Waals surface area contributed by atoms with E-state index in [0.717, 1.165) is 0 Å². The Bertz CT molecular complexity index is 641. The number of anilines is 1. The molecule has 0 aliphatic rings. The van der Waals surface area contributed by atoms with Crippen molar-refractivity contribution in [2.45, 2.75) is 27.0 Å². The van der Waals surface area contributed by atoms with Crippen molar-refractivity contribution in [2.24, 2.45) is 0 Å². The molecule has 112 valence electrons. The fraction of sp³-hybridized carbons (Fsp3) is 0.286. The quantitative estimate of drug-likeness (QED) is 0.922. The smallest absolute Gasteiger partial charge is 0.387 e. The van der Waals surface area contributed by atoms with E-state index in [1.54, 1.807) is 23.7 Å². The maximum absolute atomic E-state index is 12.3. The van der Waals surface area contributed by atoms with Crippen molar-refractivity contribution in [1.82, 2.24) is 9.78 Å². The van der Waals surface area contributed by atoms with E-state index >= 15 is 0 Å². The third-order valence-corrected chi connectivity index (χ3v) is 3.00. The molecule has 1 aromatic heterocycles. The van der Waals surface area contributed by atoms with Gasteiger partial charge in [0, 0.05) is 12.2 Å². The Kier molecular flexibility index (Phi) is 4.52. The Hall–Kier alpha value is -2.44. The van der Waals surface area contributed by atoms with Gasteiger partial charge >= 0.3 is 6.61 Å². The van der Waals surface area contributed by atoms with Crippen molar-refractivity contribution in [1.29, 1.82) is 0 Å². The Morgan fingerprint density at radius 1 is 1.43 bits per heavy atom. The summed E-state index contributed by atoms with van der Waals surface area (Å²) in [6, 6.07) is 6.03. The molecule has 1 heterocycles. The van der Waals surface area contributed by atoms with Gasteiger partial charge in [-0.15, -0.1) is 0 Å². The predicted octanol–water partition coefficient (Wildman–Crippen LogP) is 3.07. The predicted molar refractivity (Wildman–Crippen MR) is 73.7 cm³/mol. The Balaban J connectivity index is 2.21. The lowest BCUT2D eigenvalue weighted by Crippen LogP contribution is -2.15. The van der Waals surface area contributed by atoms with Crippen LogP contribution in [-0.2, 0) is 6.54 Å². The molecule has 0 aliphatic heterocycles. The lowest BCUT2D eigenvalue weighted by molar-refractivity contribution is -0.0493. The van der Waals surface area contributed by atoms with Crippen LogP contribution in [0.25, 0.3) is 0 Å². The van der Waals surface area contributed by atoms with Crippen molar-refractivity contribution < 1.29 is 18.3 Å². The molecule has 0 fully saturated rings. The topological polar surface area (TPSA) is 56.2 Å². The molecule has 5 nitrogen and oxygen atoms in total. The summed E-state index contributed by atoms with van der Waals surface area (Å²) in [5, 5.41) is 6.63. The van der Waals surface area contributed by atoms with E-state index < -0.39 is 12.5 Å². The number of carbonyl (C=O) groups excluding carboxylic acids is 1. The number of para-hydroxylation sites is 2. The van der Waals surface area contributed by atoms with E-state index in [4.69, 9.17) is 0 Å². The van der Waals surface area contributed by atoms with Crippen LogP contribution < -0.4 is 10.1 Å². The molecular formula is C14H15F2N3O2. The number of hydrogen-bond acceptors (Lipinski definition) is 3. The first kappa shape index (κ1) is 15.0. The van der Waals surface area contributed by atoms with E-state index in [9.17, 15) is 13.6 Å². The summed E-state index contributed by atoms with van der Waals surface area (Å²) < 4.78 is 30.7. The fourth-order valence-electron chi connectivity index (χ4n) is 1.95. The molecule has 2 aromatic rings. The number of carbonyl (C=O) groups is 1. The van der Waals surface area contributed by atoms with Crippen LogP contribution in [0.2, 0.25) is 0 Å². The van der Waals surface area contributed by atoms with Crippen LogP contribution >= 0.6 is 0 Å². The average Bonchev–Trinajstić information content (AvgIpc) is 2.81. The minimum absolute atomic E-state index is 0.0820. The van der Waals surface area contributed by atoms with Crippen LogP contribution in [-0.4, -0.2) is 22.3 Å². The number of nitrogens with one attached hydrogen (secondary N) is 1. The zero-order chi connectivity index (χ0) is 15.4. The van der Waals surface area contributed by atoms with Crippen LogP contribution in [0, 0.1) is 6.92 Å². The highest BCUT2D eigenvalue weighted by Crippen LogP contribution is 2.26. The number of nitrogens with zero attached hydrogens (tertiary/aromatic N) is 2. The lowest BCUT2D eigenvalue weighted by Gasteiger charge is -2.11. The van der Waals surface area contributed by atoms with Crippen LogP contribution in [0.5, 0.6) is 5.75 Å². The third-order valence-electron chi connectivity index (χ3n) is 3.00. The van der Waals surface area contributed by atoms with Crippen LogP contribution in [0.1, 0.15) is 23.0 Å². The molecule has 0 saturated heterocycles. The second-order valence-electron chi connectivity index (χ2n) is 4.29. The van der Waals surface area contributed by atoms with Crippen LogP contribution in [0.3, 0.4) is 0 Å². The van der Waals surface area contributed by atoms with Crippen molar-refractivity contribution in [3.63, 3.8) is 0 Å². The van der Waals surface area contributed by atoms with E-state index in [0.29, 0.717) is 17.8 Å². The van der Waals surface area contributed by atoms with Gasteiger partial charge in [0.1, 0.15) is 5.75 Å². The molecule has 2 rings (SSSR count).